The fraction of sp³-hybridized carbons (Fsp3) is 0.810. The molecule has 21 heavy (non-hydrogen) atoms. The van der Waals surface area contributed by atoms with Crippen LogP contribution in [0.25, 0.3) is 0 Å². The molecule has 0 spiro atoms. The Morgan fingerprint density at radius 2 is 0.952 bits per heavy atom. The summed E-state index contributed by atoms with van der Waals surface area (Å²) in [6, 6.07) is 0. The highest BCUT2D eigenvalue weighted by Gasteiger charge is 1.93. The van der Waals surface area contributed by atoms with E-state index in [1.807, 2.05) is 0 Å². The van der Waals surface area contributed by atoms with Gasteiger partial charge in [0.15, 0.2) is 0 Å². The summed E-state index contributed by atoms with van der Waals surface area (Å²) in [4.78, 5) is 0. The van der Waals surface area contributed by atoms with Gasteiger partial charge in [0, 0.05) is 6.42 Å². The Balaban J connectivity index is 2.98. The maximum Gasteiger partial charge on any atom is 0.00989 e. The Hall–Kier alpha value is -0.880. The summed E-state index contributed by atoms with van der Waals surface area (Å²) in [7, 11) is 0. The predicted octanol–water partition coefficient (Wildman–Crippen LogP) is 6.88. The molecule has 0 nitrogen and oxygen atoms in total. The molecule has 0 fully saturated rings. The number of unbranched alkanes of at least 4 members (excludes halogenated alkanes) is 15. The summed E-state index contributed by atoms with van der Waals surface area (Å²) in [6.07, 6.45) is 27.2. The second kappa shape index (κ2) is 19.1. The van der Waals surface area contributed by atoms with Crippen LogP contribution < -0.4 is 0 Å². The van der Waals surface area contributed by atoms with E-state index in [4.69, 9.17) is 6.42 Å². The first-order chi connectivity index (χ1) is 10.4. The van der Waals surface area contributed by atoms with Crippen molar-refractivity contribution in [3.63, 3.8) is 0 Å². The molecule has 0 saturated carbocycles. The Labute approximate surface area is 134 Å². The lowest BCUT2D eigenvalue weighted by molar-refractivity contribution is 0.533. The van der Waals surface area contributed by atoms with Gasteiger partial charge in [-0.25, -0.2) is 0 Å². The standard InChI is InChI=1S/C21H36/c1-3-5-7-9-11-13-15-17-19-21-20-18-16-14-12-10-8-6-4-2/h1H,4,6,8-21H2,2H3. The topological polar surface area (TPSA) is 0 Å². The fourth-order valence-electron chi connectivity index (χ4n) is 2.70. The number of rotatable bonds is 15. The van der Waals surface area contributed by atoms with Crippen molar-refractivity contribution in [3.05, 3.63) is 0 Å². The first kappa shape index (κ1) is 20.1. The minimum atomic E-state index is 0.975. The van der Waals surface area contributed by atoms with E-state index in [0.717, 1.165) is 6.42 Å². The van der Waals surface area contributed by atoms with Gasteiger partial charge < -0.3 is 0 Å². The Bertz CT molecular complexity index is 283. The first-order valence-corrected chi connectivity index (χ1v) is 9.35. The zero-order chi connectivity index (χ0) is 15.4. The minimum Gasteiger partial charge on any atom is -0.106 e. The van der Waals surface area contributed by atoms with Gasteiger partial charge in [0.25, 0.3) is 0 Å². The Kier molecular flexibility index (Phi) is 18.3. The van der Waals surface area contributed by atoms with Gasteiger partial charge in [0.1, 0.15) is 0 Å². The van der Waals surface area contributed by atoms with Crippen molar-refractivity contribution in [1.29, 1.82) is 0 Å². The molecular formula is C21H36. The molecule has 0 aromatic carbocycles. The number of hydrogen-bond donors (Lipinski definition) is 0. The summed E-state index contributed by atoms with van der Waals surface area (Å²) in [5.74, 6) is 8.03. The Morgan fingerprint density at radius 3 is 1.33 bits per heavy atom. The smallest absolute Gasteiger partial charge is 0.00989 e. The zero-order valence-electron chi connectivity index (χ0n) is 14.4. The van der Waals surface area contributed by atoms with Crippen LogP contribution in [-0.2, 0) is 0 Å². The van der Waals surface area contributed by atoms with E-state index in [1.165, 1.54) is 96.3 Å². The minimum absolute atomic E-state index is 0.975. The molecule has 0 saturated heterocycles. The van der Waals surface area contributed by atoms with E-state index >= 15 is 0 Å². The summed E-state index contributed by atoms with van der Waals surface area (Å²) in [6.45, 7) is 2.29. The second-order valence-corrected chi connectivity index (χ2v) is 6.15. The van der Waals surface area contributed by atoms with Gasteiger partial charge in [-0.15, -0.1) is 6.42 Å². The van der Waals surface area contributed by atoms with Crippen LogP contribution in [0.1, 0.15) is 110 Å². The summed E-state index contributed by atoms with van der Waals surface area (Å²) >= 11 is 0. The van der Waals surface area contributed by atoms with Gasteiger partial charge >= 0.3 is 0 Å². The molecule has 120 valence electrons. The highest BCUT2D eigenvalue weighted by atomic mass is 14.0. The van der Waals surface area contributed by atoms with Gasteiger partial charge in [0.05, 0.1) is 0 Å². The zero-order valence-corrected chi connectivity index (χ0v) is 14.4. The van der Waals surface area contributed by atoms with Crippen LogP contribution in [0.4, 0.5) is 0 Å². The molecule has 0 unspecified atom stereocenters. The van der Waals surface area contributed by atoms with Crippen LogP contribution in [0.3, 0.4) is 0 Å². The van der Waals surface area contributed by atoms with Crippen molar-refractivity contribution in [2.75, 3.05) is 0 Å². The molecule has 0 aliphatic heterocycles. The average Bonchev–Trinajstić information content (AvgIpc) is 2.50. The largest absolute Gasteiger partial charge is 0.106 e. The monoisotopic (exact) mass is 288 g/mol. The van der Waals surface area contributed by atoms with Crippen molar-refractivity contribution in [2.24, 2.45) is 0 Å². The van der Waals surface area contributed by atoms with Crippen molar-refractivity contribution < 1.29 is 0 Å². The SMILES string of the molecule is C#CC#CCCCCCCCCCCCCCCCCC. The third-order valence-corrected chi connectivity index (χ3v) is 4.07. The molecule has 0 aromatic heterocycles. The van der Waals surface area contributed by atoms with Gasteiger partial charge in [-0.05, 0) is 18.3 Å². The average molecular weight is 289 g/mol. The van der Waals surface area contributed by atoms with Crippen LogP contribution in [0.15, 0.2) is 0 Å². The summed E-state index contributed by atoms with van der Waals surface area (Å²) in [5, 5.41) is 0. The lowest BCUT2D eigenvalue weighted by Crippen LogP contribution is -1.83. The van der Waals surface area contributed by atoms with E-state index < -0.39 is 0 Å². The Morgan fingerprint density at radius 1 is 0.571 bits per heavy atom. The van der Waals surface area contributed by atoms with Crippen molar-refractivity contribution in [1.82, 2.24) is 0 Å². The molecule has 0 amide bonds. The van der Waals surface area contributed by atoms with Crippen molar-refractivity contribution >= 4 is 0 Å². The molecule has 0 radical (unpaired) electrons. The highest BCUT2D eigenvalue weighted by molar-refractivity contribution is 5.21. The summed E-state index contributed by atoms with van der Waals surface area (Å²) in [5.41, 5.74) is 0. The van der Waals surface area contributed by atoms with E-state index in [-0.39, 0.29) is 0 Å². The molecule has 0 bridgehead atoms. The third kappa shape index (κ3) is 19.1. The summed E-state index contributed by atoms with van der Waals surface area (Å²) < 4.78 is 0. The molecule has 0 atom stereocenters. The maximum absolute atomic E-state index is 5.07. The quantitative estimate of drug-likeness (QED) is 0.227. The van der Waals surface area contributed by atoms with Crippen LogP contribution >= 0.6 is 0 Å². The molecular weight excluding hydrogens is 252 g/mol. The van der Waals surface area contributed by atoms with E-state index in [9.17, 15) is 0 Å². The van der Waals surface area contributed by atoms with Crippen molar-refractivity contribution in [2.45, 2.75) is 110 Å². The lowest BCUT2D eigenvalue weighted by Gasteiger charge is -2.02. The van der Waals surface area contributed by atoms with Gasteiger partial charge in [-0.3, -0.25) is 0 Å². The van der Waals surface area contributed by atoms with Gasteiger partial charge in [-0.2, -0.15) is 0 Å². The molecule has 0 aliphatic rings. The van der Waals surface area contributed by atoms with E-state index in [1.54, 1.807) is 0 Å². The van der Waals surface area contributed by atoms with Crippen LogP contribution in [0.2, 0.25) is 0 Å². The maximum atomic E-state index is 5.07. The van der Waals surface area contributed by atoms with Crippen LogP contribution in [0.5, 0.6) is 0 Å². The fourth-order valence-corrected chi connectivity index (χ4v) is 2.70. The highest BCUT2D eigenvalue weighted by Crippen LogP contribution is 2.13. The van der Waals surface area contributed by atoms with Crippen molar-refractivity contribution in [3.8, 4) is 24.2 Å². The molecule has 0 heteroatoms. The molecule has 0 aromatic rings. The van der Waals surface area contributed by atoms with E-state index in [0.29, 0.717) is 0 Å². The molecule has 0 heterocycles. The normalized spacial score (nSPS) is 9.90. The van der Waals surface area contributed by atoms with Gasteiger partial charge in [0.2, 0.25) is 0 Å². The molecule has 0 rings (SSSR count). The molecule has 0 aliphatic carbocycles. The number of hydrogen-bond acceptors (Lipinski definition) is 0. The first-order valence-electron chi connectivity index (χ1n) is 9.35. The lowest BCUT2D eigenvalue weighted by atomic mass is 10.0. The third-order valence-electron chi connectivity index (χ3n) is 4.07. The van der Waals surface area contributed by atoms with Crippen LogP contribution in [0, 0.1) is 24.2 Å². The second-order valence-electron chi connectivity index (χ2n) is 6.15. The van der Waals surface area contributed by atoms with Crippen LogP contribution in [-0.4, -0.2) is 0 Å². The van der Waals surface area contributed by atoms with Gasteiger partial charge in [-0.1, -0.05) is 103 Å². The number of terminal acetylenes is 1. The van der Waals surface area contributed by atoms with E-state index in [2.05, 4.69) is 24.7 Å². The molecule has 0 N–H and O–H groups in total. The predicted molar refractivity (Wildman–Crippen MR) is 96.2 cm³/mol.